The molecule has 5 nitrogen and oxygen atoms in total. The summed E-state index contributed by atoms with van der Waals surface area (Å²) in [6, 6.07) is 15.1. The van der Waals surface area contributed by atoms with Gasteiger partial charge in [-0.1, -0.05) is 30.3 Å². The van der Waals surface area contributed by atoms with Gasteiger partial charge in [0.1, 0.15) is 5.82 Å². The Kier molecular flexibility index (Phi) is 5.34. The van der Waals surface area contributed by atoms with Gasteiger partial charge in [-0.25, -0.2) is 9.78 Å². The van der Waals surface area contributed by atoms with Crippen molar-refractivity contribution in [2.75, 3.05) is 19.0 Å². The van der Waals surface area contributed by atoms with Crippen molar-refractivity contribution in [3.05, 3.63) is 59.3 Å². The Morgan fingerprint density at radius 2 is 2.04 bits per heavy atom. The first-order valence-corrected chi connectivity index (χ1v) is 8.67. The number of pyridine rings is 1. The second-order valence-electron chi connectivity index (χ2n) is 6.66. The number of likely N-dealkylation sites (tertiary alicyclic amines) is 1. The third-order valence-electron chi connectivity index (χ3n) is 4.78. The van der Waals surface area contributed by atoms with Crippen molar-refractivity contribution in [1.29, 1.82) is 0 Å². The summed E-state index contributed by atoms with van der Waals surface area (Å²) in [4.78, 5) is 18.7. The van der Waals surface area contributed by atoms with Gasteiger partial charge in [-0.05, 0) is 38.0 Å². The molecular formula is C20H25N3O2. The number of benzene rings is 1. The van der Waals surface area contributed by atoms with Gasteiger partial charge in [-0.2, -0.15) is 0 Å². The maximum absolute atomic E-state index is 11.7. The fraction of sp³-hybridized carbons (Fsp3) is 0.400. The number of carbonyl (C=O) groups excluding carboxylic acids is 1. The molecule has 0 bridgehead atoms. The van der Waals surface area contributed by atoms with Gasteiger partial charge in [0.2, 0.25) is 0 Å². The van der Waals surface area contributed by atoms with Crippen LogP contribution < -0.4 is 5.32 Å². The molecule has 1 N–H and O–H groups in total. The summed E-state index contributed by atoms with van der Waals surface area (Å²) < 4.78 is 4.77. The molecule has 0 saturated carbocycles. The topological polar surface area (TPSA) is 54.5 Å². The van der Waals surface area contributed by atoms with Crippen LogP contribution in [0.1, 0.15) is 35.0 Å². The van der Waals surface area contributed by atoms with Gasteiger partial charge in [0.25, 0.3) is 0 Å². The quantitative estimate of drug-likeness (QED) is 0.848. The number of aryl methyl sites for hydroxylation is 1. The van der Waals surface area contributed by atoms with Gasteiger partial charge >= 0.3 is 5.97 Å². The number of ether oxygens (including phenoxy) is 1. The van der Waals surface area contributed by atoms with Crippen LogP contribution >= 0.6 is 0 Å². The number of hydrogen-bond acceptors (Lipinski definition) is 5. The van der Waals surface area contributed by atoms with Crippen molar-refractivity contribution in [3.8, 4) is 0 Å². The molecule has 1 aromatic heterocycles. The van der Waals surface area contributed by atoms with Gasteiger partial charge in [-0.15, -0.1) is 0 Å². The molecule has 132 valence electrons. The monoisotopic (exact) mass is 339 g/mol. The van der Waals surface area contributed by atoms with Crippen LogP contribution in [-0.4, -0.2) is 41.6 Å². The Morgan fingerprint density at radius 3 is 2.72 bits per heavy atom. The lowest BCUT2D eigenvalue weighted by molar-refractivity contribution is 0.0599. The van der Waals surface area contributed by atoms with E-state index in [9.17, 15) is 4.79 Å². The lowest BCUT2D eigenvalue weighted by Crippen LogP contribution is -2.28. The van der Waals surface area contributed by atoms with Crippen molar-refractivity contribution >= 4 is 11.8 Å². The fourth-order valence-corrected chi connectivity index (χ4v) is 3.42. The molecule has 1 aliphatic rings. The predicted molar refractivity (Wildman–Crippen MR) is 98.7 cm³/mol. The summed E-state index contributed by atoms with van der Waals surface area (Å²) in [5.74, 6) is 0.462. The van der Waals surface area contributed by atoms with Crippen molar-refractivity contribution < 1.29 is 9.53 Å². The molecule has 1 fully saturated rings. The van der Waals surface area contributed by atoms with Gasteiger partial charge < -0.3 is 10.1 Å². The van der Waals surface area contributed by atoms with E-state index in [1.54, 1.807) is 6.07 Å². The van der Waals surface area contributed by atoms with E-state index in [4.69, 9.17) is 4.74 Å². The lowest BCUT2D eigenvalue weighted by atomic mass is 10.1. The lowest BCUT2D eigenvalue weighted by Gasteiger charge is -2.21. The van der Waals surface area contributed by atoms with Crippen molar-refractivity contribution in [2.24, 2.45) is 0 Å². The molecule has 0 aliphatic carbocycles. The summed E-state index contributed by atoms with van der Waals surface area (Å²) in [7, 11) is 1.38. The third-order valence-corrected chi connectivity index (χ3v) is 4.78. The smallest absolute Gasteiger partial charge is 0.339 e. The van der Waals surface area contributed by atoms with Crippen LogP contribution in [0.4, 0.5) is 5.82 Å². The van der Waals surface area contributed by atoms with Crippen molar-refractivity contribution in [2.45, 2.75) is 38.9 Å². The highest BCUT2D eigenvalue weighted by molar-refractivity contribution is 5.90. The summed E-state index contributed by atoms with van der Waals surface area (Å²) >= 11 is 0. The maximum Gasteiger partial charge on any atom is 0.339 e. The Balaban J connectivity index is 1.62. The SMILES string of the molecule is COC(=O)c1ccc(NC2CC(C)N(Cc3ccccc3)C2)nc1C. The first kappa shape index (κ1) is 17.4. The van der Waals surface area contributed by atoms with E-state index in [1.165, 1.54) is 12.7 Å². The second-order valence-corrected chi connectivity index (χ2v) is 6.66. The van der Waals surface area contributed by atoms with Gasteiger partial charge in [0.15, 0.2) is 0 Å². The molecule has 0 spiro atoms. The van der Waals surface area contributed by atoms with E-state index in [0.29, 0.717) is 23.3 Å². The van der Waals surface area contributed by atoms with Crippen LogP contribution in [0.3, 0.4) is 0 Å². The Bertz CT molecular complexity index is 733. The number of carbonyl (C=O) groups is 1. The number of methoxy groups -OCH3 is 1. The van der Waals surface area contributed by atoms with Crippen LogP contribution in [-0.2, 0) is 11.3 Å². The van der Waals surface area contributed by atoms with E-state index in [1.807, 2.05) is 19.1 Å². The van der Waals surface area contributed by atoms with Crippen molar-refractivity contribution in [3.63, 3.8) is 0 Å². The number of nitrogens with one attached hydrogen (secondary N) is 1. The average molecular weight is 339 g/mol. The zero-order valence-corrected chi connectivity index (χ0v) is 15.0. The zero-order valence-electron chi connectivity index (χ0n) is 15.0. The minimum absolute atomic E-state index is 0.347. The number of nitrogens with zero attached hydrogens (tertiary/aromatic N) is 2. The summed E-state index contributed by atoms with van der Waals surface area (Å²) in [6.45, 7) is 6.05. The Labute approximate surface area is 149 Å². The molecule has 1 aliphatic heterocycles. The molecule has 25 heavy (non-hydrogen) atoms. The van der Waals surface area contributed by atoms with Gasteiger partial charge in [0.05, 0.1) is 18.4 Å². The van der Waals surface area contributed by atoms with Crippen LogP contribution in [0.2, 0.25) is 0 Å². The highest BCUT2D eigenvalue weighted by Gasteiger charge is 2.29. The van der Waals surface area contributed by atoms with Gasteiger partial charge in [0, 0.05) is 25.2 Å². The molecule has 0 radical (unpaired) electrons. The molecule has 1 aromatic carbocycles. The Morgan fingerprint density at radius 1 is 1.28 bits per heavy atom. The summed E-state index contributed by atoms with van der Waals surface area (Å²) in [5.41, 5.74) is 2.54. The average Bonchev–Trinajstić information content (AvgIpc) is 2.94. The zero-order chi connectivity index (χ0) is 17.8. The molecular weight excluding hydrogens is 314 g/mol. The molecule has 2 atom stereocenters. The molecule has 5 heteroatoms. The van der Waals surface area contributed by atoms with Crippen LogP contribution in [0.15, 0.2) is 42.5 Å². The normalized spacial score (nSPS) is 20.4. The number of hydrogen-bond donors (Lipinski definition) is 1. The van der Waals surface area contributed by atoms with E-state index in [0.717, 1.165) is 25.3 Å². The number of aromatic nitrogens is 1. The van der Waals surface area contributed by atoms with Crippen LogP contribution in [0, 0.1) is 6.92 Å². The maximum atomic E-state index is 11.7. The second kappa shape index (κ2) is 7.66. The highest BCUT2D eigenvalue weighted by atomic mass is 16.5. The minimum Gasteiger partial charge on any atom is -0.465 e. The van der Waals surface area contributed by atoms with Crippen molar-refractivity contribution in [1.82, 2.24) is 9.88 Å². The van der Waals surface area contributed by atoms with E-state index in [2.05, 4.69) is 46.4 Å². The highest BCUT2D eigenvalue weighted by Crippen LogP contribution is 2.23. The first-order chi connectivity index (χ1) is 12.1. The molecule has 2 heterocycles. The van der Waals surface area contributed by atoms with E-state index in [-0.39, 0.29) is 5.97 Å². The molecule has 2 aromatic rings. The van der Waals surface area contributed by atoms with Gasteiger partial charge in [-0.3, -0.25) is 4.90 Å². The largest absolute Gasteiger partial charge is 0.465 e. The summed E-state index contributed by atoms with van der Waals surface area (Å²) in [6.07, 6.45) is 1.08. The van der Waals surface area contributed by atoms with Crippen LogP contribution in [0.25, 0.3) is 0 Å². The van der Waals surface area contributed by atoms with Crippen LogP contribution in [0.5, 0.6) is 0 Å². The minimum atomic E-state index is -0.347. The molecule has 3 rings (SSSR count). The molecule has 1 saturated heterocycles. The summed E-state index contributed by atoms with van der Waals surface area (Å²) in [5, 5.41) is 3.51. The first-order valence-electron chi connectivity index (χ1n) is 8.67. The Hall–Kier alpha value is -2.40. The predicted octanol–water partition coefficient (Wildman–Crippen LogP) is 3.25. The number of esters is 1. The molecule has 0 amide bonds. The molecule has 2 unspecified atom stereocenters. The fourth-order valence-electron chi connectivity index (χ4n) is 3.42. The van der Waals surface area contributed by atoms with E-state index >= 15 is 0 Å². The standard InChI is InChI=1S/C20H25N3O2/c1-14-11-17(13-23(14)12-16-7-5-4-6-8-16)22-19-10-9-18(15(2)21-19)20(24)25-3/h4-10,14,17H,11-13H2,1-3H3,(H,21,22). The third kappa shape index (κ3) is 4.17. The number of anilines is 1. The number of rotatable bonds is 5. The van der Waals surface area contributed by atoms with E-state index < -0.39 is 0 Å².